The zero-order valence-corrected chi connectivity index (χ0v) is 16.8. The van der Waals surface area contributed by atoms with Gasteiger partial charge in [0, 0.05) is 18.8 Å². The van der Waals surface area contributed by atoms with Crippen molar-refractivity contribution in [3.8, 4) is 5.69 Å². The molecule has 2 aromatic carbocycles. The summed E-state index contributed by atoms with van der Waals surface area (Å²) in [5.74, 6) is 1.69. The lowest BCUT2D eigenvalue weighted by atomic mass is 10.0. The highest BCUT2D eigenvalue weighted by molar-refractivity contribution is 5.90. The standard InChI is InChI=1S/C23H23FN6/c1-16-6-5-13-29(15-16)23-27-21(26-18-11-9-17(24)10-12-18)20-14-25-30(22(20)28-23)19-7-3-2-4-8-19/h2-4,7-12,14,16H,5-6,13,15H2,1H3,(H,26,27,28). The third kappa shape index (κ3) is 3.58. The topological polar surface area (TPSA) is 58.9 Å². The maximum Gasteiger partial charge on any atom is 0.229 e. The SMILES string of the molecule is CC1CCCN(c2nc(Nc3ccc(F)cc3)c3cnn(-c4ccccc4)c3n2)C1. The molecule has 1 saturated heterocycles. The van der Waals surface area contributed by atoms with Gasteiger partial charge < -0.3 is 10.2 Å². The second-order valence-electron chi connectivity index (χ2n) is 7.83. The van der Waals surface area contributed by atoms with Crippen LogP contribution in [0.4, 0.5) is 21.8 Å². The molecule has 152 valence electrons. The number of hydrogen-bond donors (Lipinski definition) is 1. The second-order valence-corrected chi connectivity index (χ2v) is 7.83. The van der Waals surface area contributed by atoms with Gasteiger partial charge in [-0.1, -0.05) is 25.1 Å². The number of hydrogen-bond acceptors (Lipinski definition) is 5. The first-order valence-electron chi connectivity index (χ1n) is 10.3. The maximum atomic E-state index is 13.3. The van der Waals surface area contributed by atoms with E-state index in [9.17, 15) is 4.39 Å². The van der Waals surface area contributed by atoms with Gasteiger partial charge in [-0.15, -0.1) is 0 Å². The molecule has 1 aliphatic rings. The first-order chi connectivity index (χ1) is 14.7. The van der Waals surface area contributed by atoms with Crippen molar-refractivity contribution in [3.63, 3.8) is 0 Å². The number of aromatic nitrogens is 4. The van der Waals surface area contributed by atoms with Crippen molar-refractivity contribution in [1.29, 1.82) is 0 Å². The molecule has 1 aliphatic heterocycles. The van der Waals surface area contributed by atoms with Crippen molar-refractivity contribution in [2.45, 2.75) is 19.8 Å². The minimum Gasteiger partial charge on any atom is -0.340 e. The molecule has 1 unspecified atom stereocenters. The van der Waals surface area contributed by atoms with Crippen LogP contribution in [0.15, 0.2) is 60.8 Å². The van der Waals surface area contributed by atoms with Gasteiger partial charge in [0.2, 0.25) is 5.95 Å². The van der Waals surface area contributed by atoms with Crippen LogP contribution in [0.1, 0.15) is 19.8 Å². The molecule has 1 N–H and O–H groups in total. The Morgan fingerprint density at radius 2 is 1.83 bits per heavy atom. The van der Waals surface area contributed by atoms with Gasteiger partial charge in [0.25, 0.3) is 0 Å². The van der Waals surface area contributed by atoms with Crippen LogP contribution in [-0.4, -0.2) is 32.8 Å². The van der Waals surface area contributed by atoms with E-state index in [0.29, 0.717) is 17.7 Å². The van der Waals surface area contributed by atoms with Gasteiger partial charge in [-0.25, -0.2) is 9.07 Å². The quantitative estimate of drug-likeness (QED) is 0.524. The molecule has 2 aromatic heterocycles. The molecule has 4 aromatic rings. The van der Waals surface area contributed by atoms with E-state index in [0.717, 1.165) is 41.9 Å². The molecule has 0 aliphatic carbocycles. The maximum absolute atomic E-state index is 13.3. The Balaban J connectivity index is 1.63. The predicted octanol–water partition coefficient (Wildman–Crippen LogP) is 4.93. The minimum atomic E-state index is -0.270. The average molecular weight is 402 g/mol. The normalized spacial score (nSPS) is 16.7. The lowest BCUT2D eigenvalue weighted by Gasteiger charge is -2.31. The van der Waals surface area contributed by atoms with E-state index in [4.69, 9.17) is 9.97 Å². The van der Waals surface area contributed by atoms with Gasteiger partial charge >= 0.3 is 0 Å². The Morgan fingerprint density at radius 1 is 1.03 bits per heavy atom. The fourth-order valence-corrected chi connectivity index (χ4v) is 3.93. The van der Waals surface area contributed by atoms with Crippen LogP contribution < -0.4 is 10.2 Å². The summed E-state index contributed by atoms with van der Waals surface area (Å²) in [4.78, 5) is 12.0. The molecule has 0 saturated carbocycles. The molecule has 0 amide bonds. The fraction of sp³-hybridized carbons (Fsp3) is 0.261. The Morgan fingerprint density at radius 3 is 2.60 bits per heavy atom. The Bertz CT molecular complexity index is 1160. The number of piperidine rings is 1. The summed E-state index contributed by atoms with van der Waals surface area (Å²) < 4.78 is 15.2. The van der Waals surface area contributed by atoms with Crippen molar-refractivity contribution in [2.24, 2.45) is 5.92 Å². The first-order valence-corrected chi connectivity index (χ1v) is 10.3. The highest BCUT2D eigenvalue weighted by Gasteiger charge is 2.22. The van der Waals surface area contributed by atoms with Crippen LogP contribution in [0, 0.1) is 11.7 Å². The van der Waals surface area contributed by atoms with Crippen molar-refractivity contribution in [2.75, 3.05) is 23.3 Å². The predicted molar refractivity (Wildman–Crippen MR) is 117 cm³/mol. The molecule has 3 heterocycles. The van der Waals surface area contributed by atoms with Gasteiger partial charge in [-0.2, -0.15) is 15.1 Å². The fourth-order valence-electron chi connectivity index (χ4n) is 3.93. The third-order valence-corrected chi connectivity index (χ3v) is 5.46. The summed E-state index contributed by atoms with van der Waals surface area (Å²) in [5, 5.41) is 8.73. The minimum absolute atomic E-state index is 0.270. The molecule has 0 bridgehead atoms. The summed E-state index contributed by atoms with van der Waals surface area (Å²) in [6.07, 6.45) is 4.12. The van der Waals surface area contributed by atoms with Gasteiger partial charge in [0.1, 0.15) is 11.6 Å². The largest absolute Gasteiger partial charge is 0.340 e. The van der Waals surface area contributed by atoms with Crippen LogP contribution in [0.2, 0.25) is 0 Å². The van der Waals surface area contributed by atoms with Gasteiger partial charge in [-0.3, -0.25) is 0 Å². The van der Waals surface area contributed by atoms with Crippen molar-refractivity contribution < 1.29 is 4.39 Å². The van der Waals surface area contributed by atoms with E-state index < -0.39 is 0 Å². The summed E-state index contributed by atoms with van der Waals surface area (Å²) >= 11 is 0. The van der Waals surface area contributed by atoms with Gasteiger partial charge in [-0.05, 0) is 55.2 Å². The van der Waals surface area contributed by atoms with Crippen LogP contribution in [-0.2, 0) is 0 Å². The average Bonchev–Trinajstić information content (AvgIpc) is 3.20. The molecule has 30 heavy (non-hydrogen) atoms. The highest BCUT2D eigenvalue weighted by Crippen LogP contribution is 2.29. The number of fused-ring (bicyclic) bond motifs is 1. The van der Waals surface area contributed by atoms with Crippen LogP contribution in [0.3, 0.4) is 0 Å². The smallest absolute Gasteiger partial charge is 0.229 e. The lowest BCUT2D eigenvalue weighted by molar-refractivity contribution is 0.442. The zero-order valence-electron chi connectivity index (χ0n) is 16.8. The molecular weight excluding hydrogens is 379 g/mol. The second kappa shape index (κ2) is 7.74. The summed E-state index contributed by atoms with van der Waals surface area (Å²) in [5.41, 5.74) is 2.45. The van der Waals surface area contributed by atoms with E-state index in [2.05, 4.69) is 22.2 Å². The van der Waals surface area contributed by atoms with Crippen LogP contribution in [0.5, 0.6) is 0 Å². The number of benzene rings is 2. The number of rotatable bonds is 4. The number of nitrogens with one attached hydrogen (secondary N) is 1. The van der Waals surface area contributed by atoms with Crippen LogP contribution >= 0.6 is 0 Å². The Kier molecular flexibility index (Phi) is 4.78. The van der Waals surface area contributed by atoms with Crippen molar-refractivity contribution >= 4 is 28.5 Å². The molecule has 5 rings (SSSR count). The van der Waals surface area contributed by atoms with E-state index in [-0.39, 0.29) is 5.82 Å². The van der Waals surface area contributed by atoms with Crippen LogP contribution in [0.25, 0.3) is 16.7 Å². The Hall–Kier alpha value is -3.48. The molecule has 7 heteroatoms. The van der Waals surface area contributed by atoms with Crippen molar-refractivity contribution in [1.82, 2.24) is 19.7 Å². The number of anilines is 3. The summed E-state index contributed by atoms with van der Waals surface area (Å²) in [7, 11) is 0. The Labute approximate surface area is 174 Å². The molecule has 1 atom stereocenters. The lowest BCUT2D eigenvalue weighted by Crippen LogP contribution is -2.35. The third-order valence-electron chi connectivity index (χ3n) is 5.46. The van der Waals surface area contributed by atoms with E-state index in [1.807, 2.05) is 35.0 Å². The molecular formula is C23H23FN6. The zero-order chi connectivity index (χ0) is 20.5. The summed E-state index contributed by atoms with van der Waals surface area (Å²) in [6.45, 7) is 4.13. The van der Waals surface area contributed by atoms with Crippen molar-refractivity contribution in [3.05, 3.63) is 66.6 Å². The molecule has 0 spiro atoms. The summed E-state index contributed by atoms with van der Waals surface area (Å²) in [6, 6.07) is 16.2. The molecule has 1 fully saturated rings. The number of nitrogens with zero attached hydrogens (tertiary/aromatic N) is 5. The number of halogens is 1. The van der Waals surface area contributed by atoms with E-state index >= 15 is 0 Å². The number of para-hydroxylation sites is 1. The highest BCUT2D eigenvalue weighted by atomic mass is 19.1. The van der Waals surface area contributed by atoms with E-state index in [1.165, 1.54) is 18.6 Å². The van der Waals surface area contributed by atoms with Gasteiger partial charge in [0.15, 0.2) is 5.65 Å². The molecule has 6 nitrogen and oxygen atoms in total. The first kappa shape index (κ1) is 18.5. The van der Waals surface area contributed by atoms with Gasteiger partial charge in [0.05, 0.1) is 17.3 Å². The van der Waals surface area contributed by atoms with E-state index in [1.54, 1.807) is 18.3 Å². The monoisotopic (exact) mass is 402 g/mol. The molecule has 0 radical (unpaired) electrons.